The zero-order valence-electron chi connectivity index (χ0n) is 10.3. The average Bonchev–Trinajstić information content (AvgIpc) is 2.27. The molecule has 1 aliphatic rings. The highest BCUT2D eigenvalue weighted by molar-refractivity contribution is 7.91. The van der Waals surface area contributed by atoms with Gasteiger partial charge in [0, 0.05) is 5.69 Å². The van der Waals surface area contributed by atoms with Crippen molar-refractivity contribution >= 4 is 21.4 Å². The van der Waals surface area contributed by atoms with E-state index >= 15 is 0 Å². The number of aryl methyl sites for hydroxylation is 1. The van der Waals surface area contributed by atoms with Crippen molar-refractivity contribution in [1.82, 2.24) is 0 Å². The molecular weight excluding hydrogens is 250 g/mol. The third kappa shape index (κ3) is 3.32. The van der Waals surface area contributed by atoms with Crippen LogP contribution in [0.2, 0.25) is 0 Å². The van der Waals surface area contributed by atoms with Crippen LogP contribution in [-0.2, 0) is 14.6 Å². The molecule has 0 radical (unpaired) electrons. The van der Waals surface area contributed by atoms with Crippen molar-refractivity contribution < 1.29 is 13.2 Å². The van der Waals surface area contributed by atoms with Crippen LogP contribution in [0.4, 0.5) is 5.69 Å². The minimum absolute atomic E-state index is 0.0232. The summed E-state index contributed by atoms with van der Waals surface area (Å²) >= 11 is 0. The monoisotopic (exact) mass is 267 g/mol. The lowest BCUT2D eigenvalue weighted by Gasteiger charge is -2.21. The van der Waals surface area contributed by atoms with Gasteiger partial charge in [-0.1, -0.05) is 12.1 Å². The minimum Gasteiger partial charge on any atom is -0.326 e. The number of anilines is 1. The summed E-state index contributed by atoms with van der Waals surface area (Å²) in [5.41, 5.74) is 1.78. The number of amides is 1. The van der Waals surface area contributed by atoms with E-state index in [0.717, 1.165) is 11.3 Å². The summed E-state index contributed by atoms with van der Waals surface area (Å²) in [6, 6.07) is 7.49. The number of nitrogens with one attached hydrogen (secondary N) is 1. The van der Waals surface area contributed by atoms with E-state index in [1.54, 1.807) is 0 Å². The lowest BCUT2D eigenvalue weighted by atomic mass is 10.0. The van der Waals surface area contributed by atoms with Crippen LogP contribution in [0.3, 0.4) is 0 Å². The topological polar surface area (TPSA) is 63.2 Å². The molecule has 1 heterocycles. The predicted molar refractivity (Wildman–Crippen MR) is 71.2 cm³/mol. The van der Waals surface area contributed by atoms with Gasteiger partial charge in [-0.3, -0.25) is 4.79 Å². The first-order valence-corrected chi connectivity index (χ1v) is 7.86. The van der Waals surface area contributed by atoms with Gasteiger partial charge < -0.3 is 5.32 Å². The third-order valence-electron chi connectivity index (χ3n) is 3.12. The van der Waals surface area contributed by atoms with E-state index in [4.69, 9.17) is 0 Å². The molecule has 1 aromatic rings. The number of hydrogen-bond donors (Lipinski definition) is 1. The molecule has 1 saturated heterocycles. The number of carbonyl (C=O) groups is 1. The maximum Gasteiger partial charge on any atom is 0.228 e. The van der Waals surface area contributed by atoms with E-state index < -0.39 is 15.8 Å². The van der Waals surface area contributed by atoms with Crippen LogP contribution in [0.25, 0.3) is 0 Å². The first-order chi connectivity index (χ1) is 8.46. The van der Waals surface area contributed by atoms with Crippen LogP contribution in [-0.4, -0.2) is 25.8 Å². The maximum absolute atomic E-state index is 12.0. The summed E-state index contributed by atoms with van der Waals surface area (Å²) in [5, 5.41) is 2.79. The quantitative estimate of drug-likeness (QED) is 0.888. The first-order valence-electron chi connectivity index (χ1n) is 6.04. The molecule has 0 bridgehead atoms. The summed E-state index contributed by atoms with van der Waals surface area (Å²) in [6.45, 7) is 1.95. The van der Waals surface area contributed by atoms with Crippen LogP contribution in [0.15, 0.2) is 24.3 Å². The van der Waals surface area contributed by atoms with Crippen molar-refractivity contribution in [3.8, 4) is 0 Å². The summed E-state index contributed by atoms with van der Waals surface area (Å²) in [4.78, 5) is 12.0. The summed E-state index contributed by atoms with van der Waals surface area (Å²) in [6.07, 6.45) is 1.23. The first kappa shape index (κ1) is 13.1. The molecule has 1 aliphatic heterocycles. The van der Waals surface area contributed by atoms with Gasteiger partial charge in [0.15, 0.2) is 9.84 Å². The number of rotatable bonds is 2. The van der Waals surface area contributed by atoms with Gasteiger partial charge in [-0.2, -0.15) is 0 Å². The van der Waals surface area contributed by atoms with E-state index in [0.29, 0.717) is 12.8 Å². The Morgan fingerprint density at radius 2 is 2.17 bits per heavy atom. The Morgan fingerprint density at radius 1 is 1.39 bits per heavy atom. The normalized spacial score (nSPS) is 22.4. The van der Waals surface area contributed by atoms with Gasteiger partial charge in [0.05, 0.1) is 17.4 Å². The van der Waals surface area contributed by atoms with Crippen LogP contribution < -0.4 is 5.32 Å². The molecule has 1 unspecified atom stereocenters. The average molecular weight is 267 g/mol. The van der Waals surface area contributed by atoms with Crippen LogP contribution in [0.1, 0.15) is 18.4 Å². The summed E-state index contributed by atoms with van der Waals surface area (Å²) in [7, 11) is -3.04. The molecule has 0 aromatic heterocycles. The van der Waals surface area contributed by atoms with Gasteiger partial charge in [0.1, 0.15) is 0 Å². The zero-order chi connectivity index (χ0) is 13.2. The van der Waals surface area contributed by atoms with Crippen molar-refractivity contribution in [1.29, 1.82) is 0 Å². The Morgan fingerprint density at radius 3 is 2.83 bits per heavy atom. The van der Waals surface area contributed by atoms with Crippen molar-refractivity contribution in [3.63, 3.8) is 0 Å². The number of carbonyl (C=O) groups excluding carboxylic acids is 1. The van der Waals surface area contributed by atoms with Crippen molar-refractivity contribution in [2.45, 2.75) is 19.8 Å². The molecule has 98 valence electrons. The molecule has 0 spiro atoms. The highest BCUT2D eigenvalue weighted by Gasteiger charge is 2.29. The van der Waals surface area contributed by atoms with Gasteiger partial charge in [-0.25, -0.2) is 8.42 Å². The van der Waals surface area contributed by atoms with E-state index in [-0.39, 0.29) is 17.4 Å². The number of hydrogen-bond acceptors (Lipinski definition) is 3. The molecule has 18 heavy (non-hydrogen) atoms. The molecule has 0 saturated carbocycles. The van der Waals surface area contributed by atoms with Crippen LogP contribution in [0, 0.1) is 12.8 Å². The third-order valence-corrected chi connectivity index (χ3v) is 4.94. The zero-order valence-corrected chi connectivity index (χ0v) is 11.2. The second-order valence-electron chi connectivity index (χ2n) is 4.81. The predicted octanol–water partition coefficient (Wildman–Crippen LogP) is 1.76. The Bertz CT molecular complexity index is 551. The fraction of sp³-hybridized carbons (Fsp3) is 0.462. The molecule has 1 fully saturated rings. The molecular formula is C13H17NO3S. The summed E-state index contributed by atoms with van der Waals surface area (Å²) in [5.74, 6) is -0.417. The van der Waals surface area contributed by atoms with Crippen molar-refractivity contribution in [2.24, 2.45) is 5.92 Å². The van der Waals surface area contributed by atoms with Crippen LogP contribution >= 0.6 is 0 Å². The van der Waals surface area contributed by atoms with Gasteiger partial charge in [-0.15, -0.1) is 0 Å². The maximum atomic E-state index is 12.0. The van der Waals surface area contributed by atoms with E-state index in [2.05, 4.69) is 5.32 Å². The highest BCUT2D eigenvalue weighted by atomic mass is 32.2. The van der Waals surface area contributed by atoms with Gasteiger partial charge in [0.2, 0.25) is 5.91 Å². The molecule has 4 nitrogen and oxygen atoms in total. The second kappa shape index (κ2) is 5.10. The standard InChI is InChI=1S/C13H17NO3S/c1-10-4-2-6-12(8-10)14-13(15)11-5-3-7-18(16,17)9-11/h2,4,6,8,11H,3,5,7,9H2,1H3,(H,14,15). The Labute approximate surface area is 107 Å². The Kier molecular flexibility index (Phi) is 3.71. The van der Waals surface area contributed by atoms with E-state index in [1.807, 2.05) is 31.2 Å². The lowest BCUT2D eigenvalue weighted by Crippen LogP contribution is -2.34. The lowest BCUT2D eigenvalue weighted by molar-refractivity contribution is -0.119. The highest BCUT2D eigenvalue weighted by Crippen LogP contribution is 2.20. The molecule has 5 heteroatoms. The van der Waals surface area contributed by atoms with Crippen molar-refractivity contribution in [2.75, 3.05) is 16.8 Å². The number of benzene rings is 1. The molecule has 1 atom stereocenters. The molecule has 1 aromatic carbocycles. The van der Waals surface area contributed by atoms with Crippen molar-refractivity contribution in [3.05, 3.63) is 29.8 Å². The minimum atomic E-state index is -3.04. The molecule has 0 aliphatic carbocycles. The fourth-order valence-electron chi connectivity index (χ4n) is 2.20. The van der Waals surface area contributed by atoms with Gasteiger partial charge >= 0.3 is 0 Å². The van der Waals surface area contributed by atoms with Crippen LogP contribution in [0.5, 0.6) is 0 Å². The Balaban J connectivity index is 2.04. The SMILES string of the molecule is Cc1cccc(NC(=O)C2CCCS(=O)(=O)C2)c1. The molecule has 2 rings (SSSR count). The van der Waals surface area contributed by atoms with Gasteiger partial charge in [0.25, 0.3) is 0 Å². The smallest absolute Gasteiger partial charge is 0.228 e. The summed E-state index contributed by atoms with van der Waals surface area (Å²) < 4.78 is 23.0. The molecule has 1 N–H and O–H groups in total. The Hall–Kier alpha value is -1.36. The fourth-order valence-corrected chi connectivity index (χ4v) is 3.90. The molecule has 1 amide bonds. The van der Waals surface area contributed by atoms with Gasteiger partial charge in [-0.05, 0) is 37.5 Å². The van der Waals surface area contributed by atoms with E-state index in [9.17, 15) is 13.2 Å². The second-order valence-corrected chi connectivity index (χ2v) is 7.04. The number of sulfone groups is 1. The largest absolute Gasteiger partial charge is 0.326 e. The van der Waals surface area contributed by atoms with E-state index in [1.165, 1.54) is 0 Å².